The van der Waals surface area contributed by atoms with Crippen LogP contribution < -0.4 is 0 Å². The highest BCUT2D eigenvalue weighted by Gasteiger charge is 2.11. The number of aromatic nitrogens is 1. The Hall–Kier alpha value is -1.38. The molecule has 0 spiro atoms. The second kappa shape index (κ2) is 6.69. The maximum absolute atomic E-state index is 6.01. The van der Waals surface area contributed by atoms with Crippen molar-refractivity contribution < 1.29 is 0 Å². The van der Waals surface area contributed by atoms with Crippen molar-refractivity contribution in [3.05, 3.63) is 64.9 Å². The van der Waals surface area contributed by atoms with Gasteiger partial charge in [-0.05, 0) is 31.5 Å². The van der Waals surface area contributed by atoms with E-state index in [1.165, 1.54) is 5.56 Å². The van der Waals surface area contributed by atoms with Crippen molar-refractivity contribution in [3.8, 4) is 0 Å². The summed E-state index contributed by atoms with van der Waals surface area (Å²) in [5, 5.41) is 0.744. The van der Waals surface area contributed by atoms with Crippen LogP contribution in [0.5, 0.6) is 0 Å². The lowest BCUT2D eigenvalue weighted by molar-refractivity contribution is 0.201. The lowest BCUT2D eigenvalue weighted by atomic mass is 10.2. The molecule has 1 heterocycles. The van der Waals surface area contributed by atoms with E-state index in [4.69, 9.17) is 11.6 Å². The zero-order valence-corrected chi connectivity index (χ0v) is 12.1. The summed E-state index contributed by atoms with van der Waals surface area (Å²) >= 11 is 6.01. The van der Waals surface area contributed by atoms with Gasteiger partial charge in [-0.15, -0.1) is 0 Å². The molecule has 0 aliphatic carbocycles. The molecule has 2 rings (SSSR count). The van der Waals surface area contributed by atoms with Crippen molar-refractivity contribution in [2.45, 2.75) is 33.0 Å². The van der Waals surface area contributed by atoms with Crippen LogP contribution in [0.15, 0.2) is 48.7 Å². The fraction of sp³-hybridized carbons (Fsp3) is 0.312. The third kappa shape index (κ3) is 4.34. The van der Waals surface area contributed by atoms with Crippen LogP contribution >= 0.6 is 11.6 Å². The van der Waals surface area contributed by atoms with Crippen LogP contribution in [-0.2, 0) is 13.1 Å². The third-order valence-corrected chi connectivity index (χ3v) is 3.34. The monoisotopic (exact) mass is 274 g/mol. The molecule has 1 aromatic carbocycles. The predicted molar refractivity (Wildman–Crippen MR) is 80.1 cm³/mol. The molecule has 0 bridgehead atoms. The van der Waals surface area contributed by atoms with Gasteiger partial charge < -0.3 is 0 Å². The largest absolute Gasteiger partial charge is 0.291 e. The zero-order valence-electron chi connectivity index (χ0n) is 11.4. The Morgan fingerprint density at radius 3 is 2.47 bits per heavy atom. The van der Waals surface area contributed by atoms with Gasteiger partial charge in [0.2, 0.25) is 0 Å². The second-order valence-electron chi connectivity index (χ2n) is 4.95. The second-order valence-corrected chi connectivity index (χ2v) is 5.39. The zero-order chi connectivity index (χ0) is 13.7. The van der Waals surface area contributed by atoms with Gasteiger partial charge in [-0.1, -0.05) is 41.9 Å². The molecule has 0 radical (unpaired) electrons. The molecule has 0 saturated carbocycles. The minimum atomic E-state index is 0.459. The highest BCUT2D eigenvalue weighted by atomic mass is 35.5. The number of pyridine rings is 1. The van der Waals surface area contributed by atoms with Gasteiger partial charge in [0, 0.05) is 30.4 Å². The molecule has 2 aromatic rings. The molecule has 0 fully saturated rings. The Bertz CT molecular complexity index is 511. The summed E-state index contributed by atoms with van der Waals surface area (Å²) in [4.78, 5) is 6.76. The van der Waals surface area contributed by atoms with E-state index < -0.39 is 0 Å². The van der Waals surface area contributed by atoms with Crippen LogP contribution in [0.25, 0.3) is 0 Å². The Balaban J connectivity index is 2.08. The summed E-state index contributed by atoms with van der Waals surface area (Å²) in [7, 11) is 0. The minimum Gasteiger partial charge on any atom is -0.291 e. The standard InChI is InChI=1S/C16H19ClN2/c1-13(2)19(11-14-6-4-3-5-7-14)12-16-10-15(17)8-9-18-16/h3-10,13H,11-12H2,1-2H3. The first kappa shape index (κ1) is 14.0. The van der Waals surface area contributed by atoms with E-state index in [2.05, 4.69) is 48.0 Å². The van der Waals surface area contributed by atoms with Gasteiger partial charge in [0.15, 0.2) is 0 Å². The molecule has 0 aliphatic heterocycles. The molecule has 1 aromatic heterocycles. The van der Waals surface area contributed by atoms with Gasteiger partial charge in [-0.3, -0.25) is 9.88 Å². The van der Waals surface area contributed by atoms with Crippen LogP contribution in [0.2, 0.25) is 5.02 Å². The molecule has 19 heavy (non-hydrogen) atoms. The maximum Gasteiger partial charge on any atom is 0.0558 e. The van der Waals surface area contributed by atoms with Crippen LogP contribution in [0.1, 0.15) is 25.1 Å². The van der Waals surface area contributed by atoms with E-state index >= 15 is 0 Å². The van der Waals surface area contributed by atoms with Crippen molar-refractivity contribution in [1.82, 2.24) is 9.88 Å². The highest BCUT2D eigenvalue weighted by Crippen LogP contribution is 2.14. The molecule has 0 amide bonds. The van der Waals surface area contributed by atoms with Gasteiger partial charge in [0.05, 0.1) is 5.69 Å². The average Bonchev–Trinajstić information content (AvgIpc) is 2.39. The number of nitrogens with zero attached hydrogens (tertiary/aromatic N) is 2. The lowest BCUT2D eigenvalue weighted by Crippen LogP contribution is -2.30. The molecule has 0 saturated heterocycles. The first-order chi connectivity index (χ1) is 9.15. The van der Waals surface area contributed by atoms with Gasteiger partial charge in [-0.2, -0.15) is 0 Å². The Morgan fingerprint density at radius 2 is 1.84 bits per heavy atom. The van der Waals surface area contributed by atoms with Crippen LogP contribution in [0, 0.1) is 0 Å². The van der Waals surface area contributed by atoms with E-state index in [1.807, 2.05) is 18.2 Å². The Kier molecular flexibility index (Phi) is 4.94. The molecule has 3 heteroatoms. The normalized spacial score (nSPS) is 11.2. The van der Waals surface area contributed by atoms with Crippen molar-refractivity contribution in [1.29, 1.82) is 0 Å². The first-order valence-corrected chi connectivity index (χ1v) is 6.91. The van der Waals surface area contributed by atoms with Crippen LogP contribution in [0.3, 0.4) is 0 Å². The predicted octanol–water partition coefficient (Wildman–Crippen LogP) is 4.15. The SMILES string of the molecule is CC(C)N(Cc1ccccc1)Cc1cc(Cl)ccn1. The van der Waals surface area contributed by atoms with Gasteiger partial charge in [-0.25, -0.2) is 0 Å². The van der Waals surface area contributed by atoms with E-state index in [-0.39, 0.29) is 0 Å². The summed E-state index contributed by atoms with van der Waals surface area (Å²) in [6, 6.07) is 14.7. The van der Waals surface area contributed by atoms with Crippen LogP contribution in [0.4, 0.5) is 0 Å². The fourth-order valence-electron chi connectivity index (χ4n) is 1.98. The van der Waals surface area contributed by atoms with Crippen LogP contribution in [-0.4, -0.2) is 15.9 Å². The molecule has 2 nitrogen and oxygen atoms in total. The molecule has 0 aliphatic rings. The van der Waals surface area contributed by atoms with Crippen molar-refractivity contribution in [2.24, 2.45) is 0 Å². The first-order valence-electron chi connectivity index (χ1n) is 6.53. The fourth-order valence-corrected chi connectivity index (χ4v) is 2.16. The topological polar surface area (TPSA) is 16.1 Å². The maximum atomic E-state index is 6.01. The van der Waals surface area contributed by atoms with Gasteiger partial charge >= 0.3 is 0 Å². The Morgan fingerprint density at radius 1 is 1.11 bits per heavy atom. The summed E-state index contributed by atoms with van der Waals surface area (Å²) in [6.07, 6.45) is 1.76. The quantitative estimate of drug-likeness (QED) is 0.814. The number of hydrogen-bond acceptors (Lipinski definition) is 2. The Labute approximate surface area is 120 Å². The summed E-state index contributed by atoms with van der Waals surface area (Å²) in [6.45, 7) is 6.14. The van der Waals surface area contributed by atoms with E-state index in [0.717, 1.165) is 23.8 Å². The number of hydrogen-bond donors (Lipinski definition) is 0. The molecule has 0 unspecified atom stereocenters. The molecule has 0 atom stereocenters. The molecule has 100 valence electrons. The van der Waals surface area contributed by atoms with Gasteiger partial charge in [0.1, 0.15) is 0 Å². The summed E-state index contributed by atoms with van der Waals surface area (Å²) in [5.41, 5.74) is 2.33. The number of rotatable bonds is 5. The molecule has 0 N–H and O–H groups in total. The van der Waals surface area contributed by atoms with Gasteiger partial charge in [0.25, 0.3) is 0 Å². The lowest BCUT2D eigenvalue weighted by Gasteiger charge is -2.26. The number of halogens is 1. The molecular weight excluding hydrogens is 256 g/mol. The van der Waals surface area contributed by atoms with Crippen molar-refractivity contribution >= 4 is 11.6 Å². The average molecular weight is 275 g/mol. The third-order valence-electron chi connectivity index (χ3n) is 3.10. The molecular formula is C16H19ClN2. The smallest absolute Gasteiger partial charge is 0.0558 e. The summed E-state index contributed by atoms with van der Waals surface area (Å²) in [5.74, 6) is 0. The van der Waals surface area contributed by atoms with Crippen molar-refractivity contribution in [2.75, 3.05) is 0 Å². The van der Waals surface area contributed by atoms with E-state index in [0.29, 0.717) is 6.04 Å². The minimum absolute atomic E-state index is 0.459. The summed E-state index contributed by atoms with van der Waals surface area (Å²) < 4.78 is 0. The highest BCUT2D eigenvalue weighted by molar-refractivity contribution is 6.30. The van der Waals surface area contributed by atoms with E-state index in [1.54, 1.807) is 6.20 Å². The van der Waals surface area contributed by atoms with Crippen molar-refractivity contribution in [3.63, 3.8) is 0 Å². The number of benzene rings is 1. The van der Waals surface area contributed by atoms with E-state index in [9.17, 15) is 0 Å².